The van der Waals surface area contributed by atoms with E-state index < -0.39 is 0 Å². The van der Waals surface area contributed by atoms with E-state index in [1.807, 2.05) is 0 Å². The van der Waals surface area contributed by atoms with Gasteiger partial charge in [0.1, 0.15) is 0 Å². The number of hydrogen-bond donors (Lipinski definition) is 1. The standard InChI is InChI=1S/C12H24N2O/c1-10-3-2-6-14(8-10)9-12-5-4-11(7-13)15-12/h10-12H,2-9,13H2,1H3/t10?,11-,12+/m1/s1. The van der Waals surface area contributed by atoms with Crippen LogP contribution in [0.4, 0.5) is 0 Å². The third kappa shape index (κ3) is 3.16. The fraction of sp³-hybridized carbons (Fsp3) is 1.00. The highest BCUT2D eigenvalue weighted by molar-refractivity contribution is 4.79. The van der Waals surface area contributed by atoms with Crippen LogP contribution in [0.5, 0.6) is 0 Å². The first-order chi connectivity index (χ1) is 7.28. The Morgan fingerprint density at radius 2 is 2.07 bits per heavy atom. The summed E-state index contributed by atoms with van der Waals surface area (Å²) >= 11 is 0. The Morgan fingerprint density at radius 1 is 1.27 bits per heavy atom. The Bertz CT molecular complexity index is 198. The molecular formula is C12H24N2O. The lowest BCUT2D eigenvalue weighted by Crippen LogP contribution is -2.39. The highest BCUT2D eigenvalue weighted by atomic mass is 16.5. The predicted octanol–water partition coefficient (Wildman–Crippen LogP) is 1.22. The van der Waals surface area contributed by atoms with Crippen LogP contribution in [0, 0.1) is 5.92 Å². The van der Waals surface area contributed by atoms with Crippen LogP contribution < -0.4 is 5.73 Å². The van der Waals surface area contributed by atoms with E-state index in [0.29, 0.717) is 18.8 Å². The van der Waals surface area contributed by atoms with E-state index in [1.54, 1.807) is 0 Å². The number of hydrogen-bond acceptors (Lipinski definition) is 3. The van der Waals surface area contributed by atoms with Crippen LogP contribution in [0.15, 0.2) is 0 Å². The zero-order chi connectivity index (χ0) is 10.7. The molecule has 15 heavy (non-hydrogen) atoms. The molecule has 0 aromatic heterocycles. The molecule has 0 aromatic carbocycles. The molecule has 3 atom stereocenters. The van der Waals surface area contributed by atoms with E-state index >= 15 is 0 Å². The van der Waals surface area contributed by atoms with Gasteiger partial charge in [0.2, 0.25) is 0 Å². The second-order valence-electron chi connectivity index (χ2n) is 5.20. The van der Waals surface area contributed by atoms with E-state index in [4.69, 9.17) is 10.5 Å². The monoisotopic (exact) mass is 212 g/mol. The maximum atomic E-state index is 5.88. The molecule has 0 radical (unpaired) electrons. The van der Waals surface area contributed by atoms with Crippen LogP contribution in [0.1, 0.15) is 32.6 Å². The van der Waals surface area contributed by atoms with Crippen molar-refractivity contribution in [2.45, 2.75) is 44.8 Å². The molecule has 2 aliphatic rings. The molecule has 2 aliphatic heterocycles. The van der Waals surface area contributed by atoms with E-state index in [-0.39, 0.29) is 0 Å². The number of rotatable bonds is 3. The van der Waals surface area contributed by atoms with Gasteiger partial charge in [0.05, 0.1) is 12.2 Å². The van der Waals surface area contributed by atoms with Crippen molar-refractivity contribution in [2.24, 2.45) is 11.7 Å². The minimum atomic E-state index is 0.331. The van der Waals surface area contributed by atoms with Crippen LogP contribution in [-0.4, -0.2) is 43.3 Å². The van der Waals surface area contributed by atoms with Gasteiger partial charge >= 0.3 is 0 Å². The first kappa shape index (κ1) is 11.4. The number of piperidine rings is 1. The first-order valence-electron chi connectivity index (χ1n) is 6.36. The van der Waals surface area contributed by atoms with Gasteiger partial charge in [0.25, 0.3) is 0 Å². The topological polar surface area (TPSA) is 38.5 Å². The first-order valence-corrected chi connectivity index (χ1v) is 6.36. The van der Waals surface area contributed by atoms with Gasteiger partial charge in [-0.1, -0.05) is 6.92 Å². The maximum Gasteiger partial charge on any atom is 0.0707 e. The lowest BCUT2D eigenvalue weighted by molar-refractivity contribution is 0.0191. The predicted molar refractivity (Wildman–Crippen MR) is 61.8 cm³/mol. The molecule has 0 bridgehead atoms. The van der Waals surface area contributed by atoms with Crippen LogP contribution in [0.3, 0.4) is 0 Å². The van der Waals surface area contributed by atoms with Crippen LogP contribution in [0.2, 0.25) is 0 Å². The summed E-state index contributed by atoms with van der Waals surface area (Å²) in [5, 5.41) is 0. The summed E-state index contributed by atoms with van der Waals surface area (Å²) in [5.41, 5.74) is 5.61. The van der Waals surface area contributed by atoms with Gasteiger partial charge in [-0.25, -0.2) is 0 Å². The summed E-state index contributed by atoms with van der Waals surface area (Å²) in [6.07, 6.45) is 5.89. The third-order valence-corrected chi connectivity index (χ3v) is 3.66. The molecular weight excluding hydrogens is 188 g/mol. The van der Waals surface area contributed by atoms with E-state index in [0.717, 1.165) is 18.9 Å². The molecule has 88 valence electrons. The molecule has 0 aromatic rings. The largest absolute Gasteiger partial charge is 0.372 e. The van der Waals surface area contributed by atoms with E-state index in [1.165, 1.54) is 32.4 Å². The van der Waals surface area contributed by atoms with E-state index in [9.17, 15) is 0 Å². The Kier molecular flexibility index (Phi) is 4.00. The van der Waals surface area contributed by atoms with Crippen molar-refractivity contribution in [3.8, 4) is 0 Å². The van der Waals surface area contributed by atoms with Gasteiger partial charge in [-0.15, -0.1) is 0 Å². The van der Waals surface area contributed by atoms with Crippen molar-refractivity contribution in [3.05, 3.63) is 0 Å². The highest BCUT2D eigenvalue weighted by Crippen LogP contribution is 2.22. The normalized spacial score (nSPS) is 38.4. The van der Waals surface area contributed by atoms with Crippen molar-refractivity contribution in [1.82, 2.24) is 4.90 Å². The van der Waals surface area contributed by atoms with Crippen LogP contribution in [0.25, 0.3) is 0 Å². The van der Waals surface area contributed by atoms with Gasteiger partial charge in [-0.2, -0.15) is 0 Å². The molecule has 2 fully saturated rings. The average molecular weight is 212 g/mol. The molecule has 3 nitrogen and oxygen atoms in total. The van der Waals surface area contributed by atoms with Crippen molar-refractivity contribution >= 4 is 0 Å². The Labute approximate surface area is 93.0 Å². The van der Waals surface area contributed by atoms with Crippen molar-refractivity contribution in [3.63, 3.8) is 0 Å². The SMILES string of the molecule is CC1CCCN(C[C@@H]2CC[C@H](CN)O2)C1. The second kappa shape index (κ2) is 5.28. The van der Waals surface area contributed by atoms with Gasteiger partial charge in [-0.3, -0.25) is 0 Å². The summed E-state index contributed by atoms with van der Waals surface area (Å²) in [6.45, 7) is 6.68. The number of ether oxygens (including phenoxy) is 1. The molecule has 2 saturated heterocycles. The number of likely N-dealkylation sites (tertiary alicyclic amines) is 1. The zero-order valence-electron chi connectivity index (χ0n) is 9.82. The summed E-state index contributed by atoms with van der Waals surface area (Å²) in [4.78, 5) is 2.57. The summed E-state index contributed by atoms with van der Waals surface area (Å²) in [7, 11) is 0. The van der Waals surface area contributed by atoms with Gasteiger partial charge in [0.15, 0.2) is 0 Å². The van der Waals surface area contributed by atoms with Crippen LogP contribution >= 0.6 is 0 Å². The van der Waals surface area contributed by atoms with Gasteiger partial charge in [-0.05, 0) is 38.1 Å². The zero-order valence-corrected chi connectivity index (χ0v) is 9.82. The summed E-state index contributed by atoms with van der Waals surface area (Å²) in [6, 6.07) is 0. The molecule has 2 rings (SSSR count). The lowest BCUT2D eigenvalue weighted by Gasteiger charge is -2.32. The molecule has 3 heteroatoms. The smallest absolute Gasteiger partial charge is 0.0707 e. The van der Waals surface area contributed by atoms with Crippen molar-refractivity contribution in [1.29, 1.82) is 0 Å². The number of nitrogens with zero attached hydrogens (tertiary/aromatic N) is 1. The van der Waals surface area contributed by atoms with Crippen molar-refractivity contribution < 1.29 is 4.74 Å². The second-order valence-corrected chi connectivity index (χ2v) is 5.20. The third-order valence-electron chi connectivity index (χ3n) is 3.66. The molecule has 0 spiro atoms. The maximum absolute atomic E-state index is 5.88. The minimum Gasteiger partial charge on any atom is -0.372 e. The highest BCUT2D eigenvalue weighted by Gasteiger charge is 2.27. The fourth-order valence-corrected chi connectivity index (χ4v) is 2.83. The van der Waals surface area contributed by atoms with Gasteiger partial charge < -0.3 is 15.4 Å². The van der Waals surface area contributed by atoms with Gasteiger partial charge in [0, 0.05) is 19.6 Å². The average Bonchev–Trinajstić information content (AvgIpc) is 2.65. The minimum absolute atomic E-state index is 0.331. The van der Waals surface area contributed by atoms with Crippen LogP contribution in [-0.2, 0) is 4.74 Å². The molecule has 2 N–H and O–H groups in total. The summed E-state index contributed by atoms with van der Waals surface area (Å²) < 4.78 is 5.88. The molecule has 2 heterocycles. The molecule has 1 unspecified atom stereocenters. The lowest BCUT2D eigenvalue weighted by atomic mass is 10.00. The number of nitrogens with two attached hydrogens (primary N) is 1. The van der Waals surface area contributed by atoms with Crippen molar-refractivity contribution in [2.75, 3.05) is 26.2 Å². The quantitative estimate of drug-likeness (QED) is 0.764. The molecule has 0 aliphatic carbocycles. The molecule has 0 amide bonds. The fourth-order valence-electron chi connectivity index (χ4n) is 2.83. The molecule has 0 saturated carbocycles. The Morgan fingerprint density at radius 3 is 2.73 bits per heavy atom. The Hall–Kier alpha value is -0.120. The Balaban J connectivity index is 1.72. The van der Waals surface area contributed by atoms with E-state index in [2.05, 4.69) is 11.8 Å². The summed E-state index contributed by atoms with van der Waals surface area (Å²) in [5.74, 6) is 0.866.